The van der Waals surface area contributed by atoms with E-state index in [1.807, 2.05) is 0 Å². The third-order valence-corrected chi connectivity index (χ3v) is 3.35. The number of pyridine rings is 1. The van der Waals surface area contributed by atoms with Crippen LogP contribution < -0.4 is 26.6 Å². The molecule has 0 saturated heterocycles. The number of aromatic nitrogens is 1. The molecule has 1 aromatic heterocycles. The number of amides is 2. The number of hydrogen-bond donors (Lipinski definition) is 5. The van der Waals surface area contributed by atoms with Gasteiger partial charge in [-0.1, -0.05) is 6.07 Å². The van der Waals surface area contributed by atoms with Gasteiger partial charge in [0.25, 0.3) is 11.8 Å². The van der Waals surface area contributed by atoms with E-state index >= 15 is 0 Å². The topological polar surface area (TPSA) is 107 Å². The van der Waals surface area contributed by atoms with Crippen LogP contribution in [0.5, 0.6) is 0 Å². The summed E-state index contributed by atoms with van der Waals surface area (Å²) in [5, 5.41) is 15.4. The van der Waals surface area contributed by atoms with Crippen molar-refractivity contribution in [2.75, 3.05) is 52.4 Å². The maximum atomic E-state index is 12.0. The molecule has 2 heterocycles. The summed E-state index contributed by atoms with van der Waals surface area (Å²) in [7, 11) is 0. The van der Waals surface area contributed by atoms with Crippen LogP contribution in [-0.2, 0) is 0 Å². The normalized spacial score (nSPS) is 18.3. The fraction of sp³-hybridized carbons (Fsp3) is 0.533. The summed E-state index contributed by atoms with van der Waals surface area (Å²) in [6.07, 6.45) is 0. The molecule has 1 aromatic rings. The van der Waals surface area contributed by atoms with Gasteiger partial charge in [-0.25, -0.2) is 4.98 Å². The van der Waals surface area contributed by atoms with Gasteiger partial charge in [-0.15, -0.1) is 0 Å². The molecular formula is C15H24N6O2Pb+2. The Kier molecular flexibility index (Phi) is 10.7. The number of hydrogen-bond acceptors (Lipinski definition) is 6. The largest absolute Gasteiger partial charge is 2.00 e. The molecule has 128 valence electrons. The van der Waals surface area contributed by atoms with E-state index in [-0.39, 0.29) is 50.5 Å². The van der Waals surface area contributed by atoms with Crippen molar-refractivity contribution in [3.8, 4) is 0 Å². The molecule has 2 radical (unpaired) electrons. The minimum atomic E-state index is -0.276. The van der Waals surface area contributed by atoms with Crippen molar-refractivity contribution in [1.82, 2.24) is 31.6 Å². The fourth-order valence-corrected chi connectivity index (χ4v) is 2.13. The number of carbonyl (C=O) groups excluding carboxylic acids is 2. The minimum absolute atomic E-state index is 0. The Hall–Kier alpha value is -1.11. The third-order valence-electron chi connectivity index (χ3n) is 3.35. The molecule has 0 saturated carbocycles. The first kappa shape index (κ1) is 20.9. The molecule has 9 heteroatoms. The van der Waals surface area contributed by atoms with E-state index in [2.05, 4.69) is 31.6 Å². The molecule has 0 unspecified atom stereocenters. The molecule has 0 aromatic carbocycles. The van der Waals surface area contributed by atoms with Crippen LogP contribution in [0.1, 0.15) is 21.0 Å². The van der Waals surface area contributed by atoms with Crippen molar-refractivity contribution in [1.29, 1.82) is 0 Å². The van der Waals surface area contributed by atoms with Crippen molar-refractivity contribution in [2.45, 2.75) is 0 Å². The standard InChI is InChI=1S/C15H24N6O2.Pb/c22-14-12-2-1-3-13(21-12)15(23)20-11-9-18-7-5-16-4-6-17-8-10-19-14;/h1-3,16-18H,4-11H2,(H,19,22)(H,20,23);/q;+2. The van der Waals surface area contributed by atoms with Crippen LogP contribution in [0, 0.1) is 0 Å². The zero-order valence-electron chi connectivity index (χ0n) is 13.7. The predicted octanol–water partition coefficient (Wildman–Crippen LogP) is -2.06. The van der Waals surface area contributed by atoms with Crippen LogP contribution in [-0.4, -0.2) is 96.5 Å². The van der Waals surface area contributed by atoms with Gasteiger partial charge in [-0.05, 0) is 12.1 Å². The zero-order chi connectivity index (χ0) is 16.3. The van der Waals surface area contributed by atoms with Crippen molar-refractivity contribution in [3.63, 3.8) is 0 Å². The summed E-state index contributed by atoms with van der Waals surface area (Å²) in [5.74, 6) is -0.551. The molecular weight excluding hydrogens is 503 g/mol. The Balaban J connectivity index is 0.00000288. The first-order valence-corrected chi connectivity index (χ1v) is 7.93. The van der Waals surface area contributed by atoms with Gasteiger partial charge in [-0.2, -0.15) is 0 Å². The summed E-state index contributed by atoms with van der Waals surface area (Å²) >= 11 is 0. The molecule has 0 aliphatic carbocycles. The Morgan fingerprint density at radius 1 is 0.667 bits per heavy atom. The van der Waals surface area contributed by atoms with E-state index in [4.69, 9.17) is 0 Å². The summed E-state index contributed by atoms with van der Waals surface area (Å²) in [4.78, 5) is 28.2. The molecule has 0 spiro atoms. The number of rotatable bonds is 0. The van der Waals surface area contributed by atoms with Crippen LogP contribution >= 0.6 is 0 Å². The van der Waals surface area contributed by atoms with Gasteiger partial charge in [-0.3, -0.25) is 9.59 Å². The molecule has 2 bridgehead atoms. The minimum Gasteiger partial charge on any atom is -0.349 e. The van der Waals surface area contributed by atoms with E-state index in [9.17, 15) is 9.59 Å². The van der Waals surface area contributed by atoms with Gasteiger partial charge in [0.15, 0.2) is 0 Å². The first-order chi connectivity index (χ1) is 11.3. The molecule has 2 rings (SSSR count). The average Bonchev–Trinajstić information content (AvgIpc) is 2.58. The summed E-state index contributed by atoms with van der Waals surface area (Å²) in [5.41, 5.74) is 0.497. The monoisotopic (exact) mass is 528 g/mol. The predicted molar refractivity (Wildman–Crippen MR) is 93.3 cm³/mol. The Morgan fingerprint density at radius 3 is 1.46 bits per heavy atom. The second-order valence-corrected chi connectivity index (χ2v) is 5.17. The van der Waals surface area contributed by atoms with E-state index in [1.54, 1.807) is 18.2 Å². The van der Waals surface area contributed by atoms with Crippen molar-refractivity contribution < 1.29 is 9.59 Å². The number of fused-ring (bicyclic) bond motifs is 2. The summed E-state index contributed by atoms with van der Waals surface area (Å²) < 4.78 is 0. The van der Waals surface area contributed by atoms with Crippen molar-refractivity contribution in [3.05, 3.63) is 29.6 Å². The molecule has 0 atom stereocenters. The van der Waals surface area contributed by atoms with Crippen LogP contribution in [0.15, 0.2) is 18.2 Å². The maximum Gasteiger partial charge on any atom is 2.00 e. The van der Waals surface area contributed by atoms with E-state index < -0.39 is 0 Å². The number of carbonyl (C=O) groups is 2. The van der Waals surface area contributed by atoms with Crippen LogP contribution in [0.4, 0.5) is 0 Å². The molecule has 2 amide bonds. The van der Waals surface area contributed by atoms with Gasteiger partial charge in [0, 0.05) is 52.4 Å². The molecule has 1 aliphatic heterocycles. The molecule has 0 fully saturated rings. The molecule has 1 aliphatic rings. The summed E-state index contributed by atoms with van der Waals surface area (Å²) in [6, 6.07) is 4.87. The van der Waals surface area contributed by atoms with E-state index in [1.165, 1.54) is 0 Å². The Bertz CT molecular complexity index is 487. The van der Waals surface area contributed by atoms with Gasteiger partial charge in [0.2, 0.25) is 0 Å². The van der Waals surface area contributed by atoms with Crippen molar-refractivity contribution in [2.24, 2.45) is 0 Å². The first-order valence-electron chi connectivity index (χ1n) is 7.93. The zero-order valence-corrected chi connectivity index (χ0v) is 17.5. The Morgan fingerprint density at radius 2 is 1.04 bits per heavy atom. The van der Waals surface area contributed by atoms with Crippen LogP contribution in [0.3, 0.4) is 0 Å². The fourth-order valence-electron chi connectivity index (χ4n) is 2.13. The van der Waals surface area contributed by atoms with Crippen molar-refractivity contribution >= 4 is 39.1 Å². The maximum absolute atomic E-state index is 12.0. The third kappa shape index (κ3) is 7.64. The SMILES string of the molecule is O=C1NCCNCCNCCNCCNC(=O)c2cccc1n2.[Pb+2]. The molecule has 8 nitrogen and oxygen atoms in total. The second-order valence-electron chi connectivity index (χ2n) is 5.17. The van der Waals surface area contributed by atoms with Gasteiger partial charge >= 0.3 is 27.3 Å². The smallest absolute Gasteiger partial charge is 0.349 e. The van der Waals surface area contributed by atoms with E-state index in [0.29, 0.717) is 26.2 Å². The second kappa shape index (κ2) is 12.3. The number of nitrogens with zero attached hydrogens (tertiary/aromatic N) is 1. The molecule has 5 N–H and O–H groups in total. The van der Waals surface area contributed by atoms with E-state index in [0.717, 1.165) is 26.2 Å². The van der Waals surface area contributed by atoms with Crippen LogP contribution in [0.2, 0.25) is 0 Å². The quantitative estimate of drug-likeness (QED) is 0.249. The summed E-state index contributed by atoms with van der Waals surface area (Å²) in [6.45, 7) is 5.83. The Labute approximate surface area is 162 Å². The molecule has 24 heavy (non-hydrogen) atoms. The van der Waals surface area contributed by atoms with Gasteiger partial charge < -0.3 is 26.6 Å². The number of nitrogens with one attached hydrogen (secondary N) is 5. The van der Waals surface area contributed by atoms with Gasteiger partial charge in [0.05, 0.1) is 0 Å². The average molecular weight is 528 g/mol. The van der Waals surface area contributed by atoms with Gasteiger partial charge in [0.1, 0.15) is 11.4 Å². The van der Waals surface area contributed by atoms with Crippen LogP contribution in [0.25, 0.3) is 0 Å².